The molecule has 0 radical (unpaired) electrons. The van der Waals surface area contributed by atoms with Crippen molar-refractivity contribution in [3.63, 3.8) is 0 Å². The third-order valence-electron chi connectivity index (χ3n) is 2.79. The van der Waals surface area contributed by atoms with E-state index >= 15 is 0 Å². The molecular weight excluding hydrogens is 300 g/mol. The number of alkyl carbamates (subject to hydrolysis) is 1. The number of phenolic OH excluding ortho intramolecular Hbond substituents is 1. The van der Waals surface area contributed by atoms with E-state index in [0.717, 1.165) is 0 Å². The third-order valence-corrected chi connectivity index (χ3v) is 2.79. The summed E-state index contributed by atoms with van der Waals surface area (Å²) in [5, 5.41) is 11.9. The standard InChI is InChI=1S/C16H24N2O5/c1-5-22-14(20)12(18-15(21)23-16(2,3)4)9-10-6-7-13(19)11(17)8-10/h6-8,12,19H,5,9,17H2,1-4H3,(H,18,21)/t12-/m0/s1. The Morgan fingerprint density at radius 1 is 1.35 bits per heavy atom. The Morgan fingerprint density at radius 2 is 2.00 bits per heavy atom. The zero-order chi connectivity index (χ0) is 17.6. The summed E-state index contributed by atoms with van der Waals surface area (Å²) in [4.78, 5) is 23.9. The number of esters is 1. The van der Waals surface area contributed by atoms with Gasteiger partial charge in [0.2, 0.25) is 0 Å². The molecule has 0 aliphatic rings. The zero-order valence-corrected chi connectivity index (χ0v) is 13.9. The molecule has 0 fully saturated rings. The molecule has 0 aliphatic heterocycles. The van der Waals surface area contributed by atoms with Gasteiger partial charge in [-0.05, 0) is 45.4 Å². The fourth-order valence-electron chi connectivity index (χ4n) is 1.85. The van der Waals surface area contributed by atoms with Gasteiger partial charge in [0.05, 0.1) is 12.3 Å². The number of ether oxygens (including phenoxy) is 2. The molecule has 0 aliphatic carbocycles. The van der Waals surface area contributed by atoms with Crippen LogP contribution < -0.4 is 11.1 Å². The number of phenols is 1. The maximum absolute atomic E-state index is 12.0. The lowest BCUT2D eigenvalue weighted by Crippen LogP contribution is -2.45. The maximum atomic E-state index is 12.0. The van der Waals surface area contributed by atoms with Crippen LogP contribution in [-0.2, 0) is 20.7 Å². The van der Waals surface area contributed by atoms with Crippen molar-refractivity contribution in [2.75, 3.05) is 12.3 Å². The van der Waals surface area contributed by atoms with Crippen molar-refractivity contribution < 1.29 is 24.2 Å². The maximum Gasteiger partial charge on any atom is 0.408 e. The van der Waals surface area contributed by atoms with Gasteiger partial charge in [-0.25, -0.2) is 9.59 Å². The van der Waals surface area contributed by atoms with Crippen LogP contribution in [0.3, 0.4) is 0 Å². The molecule has 1 rings (SSSR count). The number of benzene rings is 1. The van der Waals surface area contributed by atoms with Crippen LogP contribution in [0.2, 0.25) is 0 Å². The molecule has 1 aromatic rings. The fourth-order valence-corrected chi connectivity index (χ4v) is 1.85. The number of hydrogen-bond acceptors (Lipinski definition) is 6. The van der Waals surface area contributed by atoms with E-state index in [1.807, 2.05) is 0 Å². The van der Waals surface area contributed by atoms with Gasteiger partial charge in [0, 0.05) is 6.42 Å². The summed E-state index contributed by atoms with van der Waals surface area (Å²) in [6.07, 6.45) is -0.537. The molecule has 0 heterocycles. The van der Waals surface area contributed by atoms with Crippen LogP contribution in [0.25, 0.3) is 0 Å². The van der Waals surface area contributed by atoms with Crippen molar-refractivity contribution in [1.82, 2.24) is 5.32 Å². The third kappa shape index (κ3) is 6.46. The van der Waals surface area contributed by atoms with E-state index in [2.05, 4.69) is 5.32 Å². The molecule has 0 saturated heterocycles. The average molecular weight is 324 g/mol. The molecule has 1 atom stereocenters. The number of carbonyl (C=O) groups is 2. The van der Waals surface area contributed by atoms with Crippen LogP contribution in [0.15, 0.2) is 18.2 Å². The summed E-state index contributed by atoms with van der Waals surface area (Å²) >= 11 is 0. The first-order valence-corrected chi connectivity index (χ1v) is 7.36. The highest BCUT2D eigenvalue weighted by atomic mass is 16.6. The number of hydrogen-bond donors (Lipinski definition) is 3. The van der Waals surface area contributed by atoms with Gasteiger partial charge >= 0.3 is 12.1 Å². The number of carbonyl (C=O) groups excluding carboxylic acids is 2. The van der Waals surface area contributed by atoms with Crippen molar-refractivity contribution in [2.24, 2.45) is 0 Å². The summed E-state index contributed by atoms with van der Waals surface area (Å²) in [5.74, 6) is -0.605. The zero-order valence-electron chi connectivity index (χ0n) is 13.9. The molecule has 0 saturated carbocycles. The Morgan fingerprint density at radius 3 is 2.52 bits per heavy atom. The van der Waals surface area contributed by atoms with Crippen LogP contribution >= 0.6 is 0 Å². The monoisotopic (exact) mass is 324 g/mol. The van der Waals surface area contributed by atoms with Gasteiger partial charge in [-0.3, -0.25) is 0 Å². The van der Waals surface area contributed by atoms with Crippen LogP contribution in [0.5, 0.6) is 5.75 Å². The predicted octanol–water partition coefficient (Wildman–Crippen LogP) is 1.97. The molecule has 0 spiro atoms. The summed E-state index contributed by atoms with van der Waals surface area (Å²) in [6.45, 7) is 7.07. The van der Waals surface area contributed by atoms with Gasteiger partial charge in [-0.15, -0.1) is 0 Å². The van der Waals surface area contributed by atoms with E-state index in [9.17, 15) is 14.7 Å². The quantitative estimate of drug-likeness (QED) is 0.434. The second-order valence-corrected chi connectivity index (χ2v) is 6.05. The molecule has 0 unspecified atom stereocenters. The van der Waals surface area contributed by atoms with Crippen molar-refractivity contribution in [3.8, 4) is 5.75 Å². The van der Waals surface area contributed by atoms with Gasteiger partial charge < -0.3 is 25.6 Å². The number of aromatic hydroxyl groups is 1. The summed E-state index contributed by atoms with van der Waals surface area (Å²) in [6, 6.07) is 3.68. The molecule has 0 bridgehead atoms. The van der Waals surface area contributed by atoms with E-state index in [4.69, 9.17) is 15.2 Å². The van der Waals surface area contributed by atoms with Gasteiger partial charge in [-0.1, -0.05) is 6.07 Å². The van der Waals surface area contributed by atoms with Gasteiger partial charge in [0.15, 0.2) is 0 Å². The first kappa shape index (κ1) is 18.6. The van der Waals surface area contributed by atoms with E-state index in [1.54, 1.807) is 39.8 Å². The Bertz CT molecular complexity index is 566. The minimum atomic E-state index is -0.909. The van der Waals surface area contributed by atoms with Crippen LogP contribution in [-0.4, -0.2) is 35.4 Å². The van der Waals surface area contributed by atoms with Crippen molar-refractivity contribution >= 4 is 17.7 Å². The molecular formula is C16H24N2O5. The number of anilines is 1. The van der Waals surface area contributed by atoms with Crippen molar-refractivity contribution in [3.05, 3.63) is 23.8 Å². The first-order chi connectivity index (χ1) is 10.6. The largest absolute Gasteiger partial charge is 0.506 e. The Kier molecular flexibility index (Phi) is 6.24. The van der Waals surface area contributed by atoms with Gasteiger partial charge in [-0.2, -0.15) is 0 Å². The smallest absolute Gasteiger partial charge is 0.408 e. The predicted molar refractivity (Wildman–Crippen MR) is 86.0 cm³/mol. The molecule has 4 N–H and O–H groups in total. The molecule has 7 heteroatoms. The lowest BCUT2D eigenvalue weighted by Gasteiger charge is -2.23. The fraction of sp³-hybridized carbons (Fsp3) is 0.500. The second-order valence-electron chi connectivity index (χ2n) is 6.05. The second kappa shape index (κ2) is 7.71. The lowest BCUT2D eigenvalue weighted by molar-refractivity contribution is -0.145. The molecule has 128 valence electrons. The SMILES string of the molecule is CCOC(=O)[C@H](Cc1ccc(O)c(N)c1)NC(=O)OC(C)(C)C. The molecule has 7 nitrogen and oxygen atoms in total. The molecule has 23 heavy (non-hydrogen) atoms. The number of rotatable bonds is 5. The Labute approximate surface area is 135 Å². The minimum absolute atomic E-state index is 0.0402. The highest BCUT2D eigenvalue weighted by molar-refractivity contribution is 5.81. The van der Waals surface area contributed by atoms with Gasteiger partial charge in [0.1, 0.15) is 17.4 Å². The minimum Gasteiger partial charge on any atom is -0.506 e. The normalized spacial score (nSPS) is 12.3. The van der Waals surface area contributed by atoms with Gasteiger partial charge in [0.25, 0.3) is 0 Å². The van der Waals surface area contributed by atoms with E-state index in [-0.39, 0.29) is 24.5 Å². The van der Waals surface area contributed by atoms with Crippen LogP contribution in [0.1, 0.15) is 33.3 Å². The number of amides is 1. The first-order valence-electron chi connectivity index (χ1n) is 7.36. The van der Waals surface area contributed by atoms with Crippen molar-refractivity contribution in [1.29, 1.82) is 0 Å². The van der Waals surface area contributed by atoms with Crippen molar-refractivity contribution in [2.45, 2.75) is 45.8 Å². The molecule has 1 amide bonds. The number of nitrogen functional groups attached to an aromatic ring is 1. The van der Waals surface area contributed by atoms with E-state index in [1.165, 1.54) is 6.07 Å². The van der Waals surface area contributed by atoms with Crippen LogP contribution in [0.4, 0.5) is 10.5 Å². The Hall–Kier alpha value is -2.44. The van der Waals surface area contributed by atoms with E-state index in [0.29, 0.717) is 5.56 Å². The Balaban J connectivity index is 2.85. The lowest BCUT2D eigenvalue weighted by atomic mass is 10.0. The van der Waals surface area contributed by atoms with Crippen LogP contribution in [0, 0.1) is 0 Å². The average Bonchev–Trinajstić information content (AvgIpc) is 2.40. The molecule has 1 aromatic carbocycles. The topological polar surface area (TPSA) is 111 Å². The molecule has 0 aromatic heterocycles. The summed E-state index contributed by atoms with van der Waals surface area (Å²) < 4.78 is 10.1. The number of nitrogens with two attached hydrogens (primary N) is 1. The summed E-state index contributed by atoms with van der Waals surface area (Å²) in [5.41, 5.74) is 5.84. The highest BCUT2D eigenvalue weighted by Crippen LogP contribution is 2.21. The van der Waals surface area contributed by atoms with E-state index < -0.39 is 23.7 Å². The number of nitrogens with one attached hydrogen (secondary N) is 1. The summed E-state index contributed by atoms with van der Waals surface area (Å²) in [7, 11) is 0. The highest BCUT2D eigenvalue weighted by Gasteiger charge is 2.25.